The molecule has 0 radical (unpaired) electrons. The van der Waals surface area contributed by atoms with E-state index >= 15 is 0 Å². The van der Waals surface area contributed by atoms with Crippen molar-refractivity contribution in [2.45, 2.75) is 13.0 Å². The molecule has 0 aliphatic carbocycles. The van der Waals surface area contributed by atoms with Gasteiger partial charge in [-0.3, -0.25) is 10.1 Å². The summed E-state index contributed by atoms with van der Waals surface area (Å²) < 4.78 is 5.01. The number of likely N-dealkylation sites (N-methyl/N-ethyl adjacent to an activating group) is 1. The first-order valence-corrected chi connectivity index (χ1v) is 5.10. The Morgan fingerprint density at radius 3 is 2.82 bits per heavy atom. The van der Waals surface area contributed by atoms with Crippen molar-refractivity contribution in [2.24, 2.45) is 0 Å². The molecule has 0 spiro atoms. The van der Waals surface area contributed by atoms with Gasteiger partial charge in [-0.25, -0.2) is 4.98 Å². The van der Waals surface area contributed by atoms with Crippen molar-refractivity contribution < 1.29 is 9.66 Å². The van der Waals surface area contributed by atoms with Crippen LogP contribution in [0.2, 0.25) is 0 Å². The van der Waals surface area contributed by atoms with E-state index in [1.807, 2.05) is 6.92 Å². The molecule has 0 aliphatic heterocycles. The first-order valence-electron chi connectivity index (χ1n) is 5.10. The van der Waals surface area contributed by atoms with E-state index in [1.165, 1.54) is 12.1 Å². The lowest BCUT2D eigenvalue weighted by Gasteiger charge is -2.24. The molecule has 0 saturated carbocycles. The number of nitro groups is 1. The van der Waals surface area contributed by atoms with Crippen molar-refractivity contribution in [3.05, 3.63) is 22.2 Å². The predicted molar refractivity (Wildman–Crippen MR) is 65.0 cm³/mol. The van der Waals surface area contributed by atoms with Gasteiger partial charge in [0.1, 0.15) is 5.82 Å². The molecule has 1 atom stereocenters. The summed E-state index contributed by atoms with van der Waals surface area (Å²) in [5.41, 5.74) is 5.48. The third-order valence-corrected chi connectivity index (χ3v) is 2.48. The fourth-order valence-corrected chi connectivity index (χ4v) is 1.42. The van der Waals surface area contributed by atoms with Crippen LogP contribution in [0.4, 0.5) is 17.3 Å². The van der Waals surface area contributed by atoms with Gasteiger partial charge in [-0.2, -0.15) is 0 Å². The van der Waals surface area contributed by atoms with Crippen molar-refractivity contribution in [1.82, 2.24) is 4.98 Å². The number of methoxy groups -OCH3 is 1. The number of pyridine rings is 1. The molecule has 7 heteroatoms. The summed E-state index contributed by atoms with van der Waals surface area (Å²) in [6, 6.07) is 2.73. The average molecular weight is 240 g/mol. The summed E-state index contributed by atoms with van der Waals surface area (Å²) in [5.74, 6) is 0.501. The van der Waals surface area contributed by atoms with E-state index < -0.39 is 4.92 Å². The van der Waals surface area contributed by atoms with Gasteiger partial charge in [-0.05, 0) is 13.0 Å². The molecule has 2 N–H and O–H groups in total. The third-order valence-electron chi connectivity index (χ3n) is 2.48. The highest BCUT2D eigenvalue weighted by Gasteiger charge is 2.22. The van der Waals surface area contributed by atoms with Crippen molar-refractivity contribution in [3.8, 4) is 0 Å². The van der Waals surface area contributed by atoms with E-state index in [0.29, 0.717) is 6.61 Å². The normalized spacial score (nSPS) is 12.2. The van der Waals surface area contributed by atoms with Gasteiger partial charge >= 0.3 is 5.69 Å². The molecule has 0 aromatic carbocycles. The number of nitrogen functional groups attached to an aromatic ring is 1. The molecule has 94 valence electrons. The Balaban J connectivity index is 3.10. The van der Waals surface area contributed by atoms with Crippen LogP contribution in [0.5, 0.6) is 0 Å². The van der Waals surface area contributed by atoms with Gasteiger partial charge in [-0.1, -0.05) is 0 Å². The van der Waals surface area contributed by atoms with Crippen LogP contribution in [0.1, 0.15) is 6.92 Å². The molecule has 0 amide bonds. The van der Waals surface area contributed by atoms with Crippen LogP contribution >= 0.6 is 0 Å². The summed E-state index contributed by atoms with van der Waals surface area (Å²) in [5, 5.41) is 10.9. The number of hydrogen-bond donors (Lipinski definition) is 1. The Morgan fingerprint density at radius 2 is 2.29 bits per heavy atom. The summed E-state index contributed by atoms with van der Waals surface area (Å²) in [4.78, 5) is 16.1. The maximum absolute atomic E-state index is 10.9. The van der Waals surface area contributed by atoms with Crippen molar-refractivity contribution in [3.63, 3.8) is 0 Å². The lowest BCUT2D eigenvalue weighted by atomic mass is 10.3. The van der Waals surface area contributed by atoms with Crippen LogP contribution in [0.3, 0.4) is 0 Å². The van der Waals surface area contributed by atoms with Crippen molar-refractivity contribution in [2.75, 3.05) is 31.4 Å². The highest BCUT2D eigenvalue weighted by molar-refractivity contribution is 5.61. The summed E-state index contributed by atoms with van der Waals surface area (Å²) >= 11 is 0. The molecule has 7 nitrogen and oxygen atoms in total. The minimum Gasteiger partial charge on any atom is -0.384 e. The van der Waals surface area contributed by atoms with E-state index in [9.17, 15) is 10.1 Å². The number of nitrogens with zero attached hydrogens (tertiary/aromatic N) is 3. The molecule has 0 aliphatic rings. The summed E-state index contributed by atoms with van der Waals surface area (Å²) in [6.45, 7) is 2.34. The lowest BCUT2D eigenvalue weighted by molar-refractivity contribution is -0.384. The smallest absolute Gasteiger partial charge is 0.311 e. The number of aromatic nitrogens is 1. The van der Waals surface area contributed by atoms with Crippen LogP contribution in [0, 0.1) is 10.1 Å². The molecule has 1 aromatic heterocycles. The number of nitrogens with two attached hydrogens (primary N) is 1. The van der Waals surface area contributed by atoms with E-state index in [1.54, 1.807) is 19.1 Å². The molecular weight excluding hydrogens is 224 g/mol. The highest BCUT2D eigenvalue weighted by Crippen LogP contribution is 2.27. The topological polar surface area (TPSA) is 94.5 Å². The Hall–Kier alpha value is -1.89. The Bertz CT molecular complexity index is 411. The van der Waals surface area contributed by atoms with Crippen LogP contribution in [0.25, 0.3) is 0 Å². The zero-order valence-electron chi connectivity index (χ0n) is 10.1. The lowest BCUT2D eigenvalue weighted by Crippen LogP contribution is -2.33. The Labute approximate surface area is 99.3 Å². The second-order valence-corrected chi connectivity index (χ2v) is 3.75. The summed E-state index contributed by atoms with van der Waals surface area (Å²) in [7, 11) is 3.30. The quantitative estimate of drug-likeness (QED) is 0.610. The Kier molecular flexibility index (Phi) is 4.22. The molecule has 0 saturated heterocycles. The molecule has 0 bridgehead atoms. The first kappa shape index (κ1) is 13.2. The zero-order valence-corrected chi connectivity index (χ0v) is 10.1. The van der Waals surface area contributed by atoms with E-state index in [4.69, 9.17) is 10.5 Å². The molecule has 17 heavy (non-hydrogen) atoms. The van der Waals surface area contributed by atoms with Gasteiger partial charge in [0, 0.05) is 20.2 Å². The standard InChI is InChI=1S/C10H16N4O3/c1-7(6-17-3)13(2)10-8(14(15)16)4-5-9(11)12-10/h4-5,7H,6H2,1-3H3,(H2,11,12). The minimum absolute atomic E-state index is 0.0343. The number of hydrogen-bond acceptors (Lipinski definition) is 6. The van der Waals surface area contributed by atoms with Gasteiger partial charge in [0.25, 0.3) is 0 Å². The molecule has 1 aromatic rings. The fourth-order valence-electron chi connectivity index (χ4n) is 1.42. The largest absolute Gasteiger partial charge is 0.384 e. The third kappa shape index (κ3) is 3.04. The van der Waals surface area contributed by atoms with Crippen LogP contribution in [-0.2, 0) is 4.74 Å². The highest BCUT2D eigenvalue weighted by atomic mass is 16.6. The molecule has 1 unspecified atom stereocenters. The fraction of sp³-hybridized carbons (Fsp3) is 0.500. The van der Waals surface area contributed by atoms with Gasteiger partial charge in [0.2, 0.25) is 5.82 Å². The zero-order chi connectivity index (χ0) is 13.0. The predicted octanol–water partition coefficient (Wildman–Crippen LogP) is 1.04. The second-order valence-electron chi connectivity index (χ2n) is 3.75. The van der Waals surface area contributed by atoms with Crippen LogP contribution in [0.15, 0.2) is 12.1 Å². The maximum Gasteiger partial charge on any atom is 0.311 e. The van der Waals surface area contributed by atoms with Crippen molar-refractivity contribution >= 4 is 17.3 Å². The van der Waals surface area contributed by atoms with E-state index in [2.05, 4.69) is 4.98 Å². The van der Waals surface area contributed by atoms with Gasteiger partial charge in [-0.15, -0.1) is 0 Å². The number of ether oxygens (including phenoxy) is 1. The molecule has 0 fully saturated rings. The molecular formula is C10H16N4O3. The Morgan fingerprint density at radius 1 is 1.65 bits per heavy atom. The summed E-state index contributed by atoms with van der Waals surface area (Å²) in [6.07, 6.45) is 0. The molecule has 1 heterocycles. The number of rotatable bonds is 5. The van der Waals surface area contributed by atoms with Gasteiger partial charge < -0.3 is 15.4 Å². The SMILES string of the molecule is COCC(C)N(C)c1nc(N)ccc1[N+](=O)[O-]. The van der Waals surface area contributed by atoms with Gasteiger partial charge in [0.15, 0.2) is 0 Å². The first-order chi connectivity index (χ1) is 7.97. The number of anilines is 2. The van der Waals surface area contributed by atoms with Crippen LogP contribution < -0.4 is 10.6 Å². The molecule has 1 rings (SSSR count). The van der Waals surface area contributed by atoms with Crippen molar-refractivity contribution in [1.29, 1.82) is 0 Å². The van der Waals surface area contributed by atoms with E-state index in [-0.39, 0.29) is 23.4 Å². The van der Waals surface area contributed by atoms with E-state index in [0.717, 1.165) is 0 Å². The minimum atomic E-state index is -0.474. The van der Waals surface area contributed by atoms with Crippen LogP contribution in [-0.4, -0.2) is 36.7 Å². The monoisotopic (exact) mass is 240 g/mol. The van der Waals surface area contributed by atoms with Gasteiger partial charge in [0.05, 0.1) is 17.6 Å². The maximum atomic E-state index is 10.9. The second kappa shape index (κ2) is 5.44. The average Bonchev–Trinajstić information content (AvgIpc) is 2.27.